The second-order valence-corrected chi connectivity index (χ2v) is 4.76. The molecule has 88 valence electrons. The van der Waals surface area contributed by atoms with E-state index in [1.165, 1.54) is 0 Å². The maximum absolute atomic E-state index is 12.6. The molecule has 2 rings (SSSR count). The van der Waals surface area contributed by atoms with Crippen molar-refractivity contribution in [3.8, 4) is 0 Å². The summed E-state index contributed by atoms with van der Waals surface area (Å²) in [6.07, 6.45) is -3.41. The van der Waals surface area contributed by atoms with Crippen LogP contribution in [-0.4, -0.2) is 24.4 Å². The van der Waals surface area contributed by atoms with Gasteiger partial charge in [0.2, 0.25) is 0 Å². The largest absolute Gasteiger partial charge is 0.391 e. The van der Waals surface area contributed by atoms with Crippen molar-refractivity contribution < 1.29 is 17.9 Å². The molecular formula is C10H16F3NO. The number of halogens is 3. The van der Waals surface area contributed by atoms with Crippen molar-refractivity contribution >= 4 is 0 Å². The van der Waals surface area contributed by atoms with Crippen LogP contribution in [0.1, 0.15) is 26.2 Å². The Bertz CT molecular complexity index is 243. The van der Waals surface area contributed by atoms with Crippen molar-refractivity contribution in [2.75, 3.05) is 0 Å². The molecule has 1 heterocycles. The van der Waals surface area contributed by atoms with Gasteiger partial charge in [-0.2, -0.15) is 13.2 Å². The van der Waals surface area contributed by atoms with E-state index in [1.807, 2.05) is 6.92 Å². The minimum atomic E-state index is -4.13. The van der Waals surface area contributed by atoms with Gasteiger partial charge in [-0.25, -0.2) is 0 Å². The number of alkyl halides is 3. The fraction of sp³-hybridized carbons (Fsp3) is 1.00. The molecule has 2 N–H and O–H groups in total. The summed E-state index contributed by atoms with van der Waals surface area (Å²) in [5, 5.41) is 0. The molecule has 0 amide bonds. The quantitative estimate of drug-likeness (QED) is 0.682. The van der Waals surface area contributed by atoms with Gasteiger partial charge in [0.15, 0.2) is 0 Å². The number of hydrogen-bond acceptors (Lipinski definition) is 2. The molecule has 1 aliphatic heterocycles. The number of rotatable bonds is 0. The SMILES string of the molecule is C[C@@H]1C[C@H]2[C@@H](N)C[C@H](C(F)(F)F)C[C@H]2O1. The van der Waals surface area contributed by atoms with E-state index in [0.717, 1.165) is 6.42 Å². The first-order valence-electron chi connectivity index (χ1n) is 5.35. The Morgan fingerprint density at radius 2 is 1.87 bits per heavy atom. The van der Waals surface area contributed by atoms with Crippen LogP contribution in [0.3, 0.4) is 0 Å². The van der Waals surface area contributed by atoms with Gasteiger partial charge in [0.25, 0.3) is 0 Å². The molecule has 2 aliphatic rings. The summed E-state index contributed by atoms with van der Waals surface area (Å²) in [5.74, 6) is -1.15. The van der Waals surface area contributed by atoms with Gasteiger partial charge in [-0.1, -0.05) is 0 Å². The summed E-state index contributed by atoms with van der Waals surface area (Å²) in [5.41, 5.74) is 5.79. The van der Waals surface area contributed by atoms with Crippen molar-refractivity contribution in [2.45, 2.75) is 50.6 Å². The molecule has 0 aromatic rings. The molecule has 0 radical (unpaired) electrons. The highest BCUT2D eigenvalue weighted by atomic mass is 19.4. The summed E-state index contributed by atoms with van der Waals surface area (Å²) in [6.45, 7) is 1.90. The normalized spacial score (nSPS) is 46.6. The first kappa shape index (κ1) is 11.2. The van der Waals surface area contributed by atoms with Gasteiger partial charge in [-0.05, 0) is 26.2 Å². The minimum absolute atomic E-state index is 0.0537. The summed E-state index contributed by atoms with van der Waals surface area (Å²) in [6, 6.07) is -0.361. The maximum Gasteiger partial charge on any atom is 0.391 e. The summed E-state index contributed by atoms with van der Waals surface area (Å²) in [4.78, 5) is 0. The third kappa shape index (κ3) is 2.13. The lowest BCUT2D eigenvalue weighted by Gasteiger charge is -2.36. The van der Waals surface area contributed by atoms with Crippen LogP contribution in [0, 0.1) is 11.8 Å². The average molecular weight is 223 g/mol. The molecule has 1 saturated heterocycles. The molecule has 0 unspecified atom stereocenters. The van der Waals surface area contributed by atoms with Gasteiger partial charge < -0.3 is 10.5 Å². The van der Waals surface area contributed by atoms with Crippen molar-refractivity contribution in [3.63, 3.8) is 0 Å². The van der Waals surface area contributed by atoms with Crippen LogP contribution < -0.4 is 5.73 Å². The summed E-state index contributed by atoms with van der Waals surface area (Å²) in [7, 11) is 0. The Morgan fingerprint density at radius 1 is 1.20 bits per heavy atom. The van der Waals surface area contributed by atoms with Crippen LogP contribution in [0.2, 0.25) is 0 Å². The van der Waals surface area contributed by atoms with Crippen LogP contribution in [0.4, 0.5) is 13.2 Å². The fourth-order valence-electron chi connectivity index (χ4n) is 2.82. The van der Waals surface area contributed by atoms with E-state index in [4.69, 9.17) is 10.5 Å². The lowest BCUT2D eigenvalue weighted by molar-refractivity contribution is -0.194. The number of ether oxygens (including phenoxy) is 1. The third-order valence-corrected chi connectivity index (χ3v) is 3.58. The van der Waals surface area contributed by atoms with Crippen LogP contribution in [0.15, 0.2) is 0 Å². The highest BCUT2D eigenvalue weighted by Gasteiger charge is 2.50. The van der Waals surface area contributed by atoms with Crippen molar-refractivity contribution in [3.05, 3.63) is 0 Å². The Hall–Kier alpha value is -0.290. The third-order valence-electron chi connectivity index (χ3n) is 3.58. The first-order chi connectivity index (χ1) is 6.88. The van der Waals surface area contributed by atoms with Gasteiger partial charge in [0, 0.05) is 12.0 Å². The zero-order chi connectivity index (χ0) is 11.2. The zero-order valence-electron chi connectivity index (χ0n) is 8.63. The van der Waals surface area contributed by atoms with E-state index in [1.54, 1.807) is 0 Å². The van der Waals surface area contributed by atoms with E-state index >= 15 is 0 Å². The Balaban J connectivity index is 2.07. The number of fused-ring (bicyclic) bond motifs is 1. The van der Waals surface area contributed by atoms with Gasteiger partial charge >= 0.3 is 6.18 Å². The molecule has 0 spiro atoms. The van der Waals surface area contributed by atoms with Gasteiger partial charge in [0.1, 0.15) is 0 Å². The predicted octanol–water partition coefficient (Wildman–Crippen LogP) is 2.08. The highest BCUT2D eigenvalue weighted by molar-refractivity contribution is 4.95. The zero-order valence-corrected chi connectivity index (χ0v) is 8.63. The molecule has 5 atom stereocenters. The molecule has 1 saturated carbocycles. The second kappa shape index (κ2) is 3.63. The Labute approximate surface area is 87.0 Å². The molecule has 2 nitrogen and oxygen atoms in total. The first-order valence-corrected chi connectivity index (χ1v) is 5.35. The fourth-order valence-corrected chi connectivity index (χ4v) is 2.82. The summed E-state index contributed by atoms with van der Waals surface area (Å²) < 4.78 is 43.2. The molecule has 15 heavy (non-hydrogen) atoms. The van der Waals surface area contributed by atoms with E-state index in [0.29, 0.717) is 0 Å². The Morgan fingerprint density at radius 3 is 2.47 bits per heavy atom. The average Bonchev–Trinajstić information content (AvgIpc) is 2.44. The summed E-state index contributed by atoms with van der Waals surface area (Å²) >= 11 is 0. The molecule has 5 heteroatoms. The van der Waals surface area contributed by atoms with Crippen molar-refractivity contribution in [1.29, 1.82) is 0 Å². The van der Waals surface area contributed by atoms with E-state index in [9.17, 15) is 13.2 Å². The van der Waals surface area contributed by atoms with E-state index in [-0.39, 0.29) is 37.0 Å². The van der Waals surface area contributed by atoms with Crippen LogP contribution >= 0.6 is 0 Å². The maximum atomic E-state index is 12.6. The van der Waals surface area contributed by atoms with E-state index in [2.05, 4.69) is 0 Å². The standard InChI is InChI=1S/C10H16F3NO/c1-5-2-7-8(14)3-6(10(11,12)13)4-9(7)15-5/h5-9H,2-4,14H2,1H3/t5-,6+,7+,8+,9-/m1/s1. The van der Waals surface area contributed by atoms with Gasteiger partial charge in [0.05, 0.1) is 18.1 Å². The number of nitrogens with two attached hydrogens (primary N) is 1. The Kier molecular flexibility index (Phi) is 2.71. The monoisotopic (exact) mass is 223 g/mol. The van der Waals surface area contributed by atoms with Crippen molar-refractivity contribution in [2.24, 2.45) is 17.6 Å². The molecule has 0 bridgehead atoms. The molecule has 0 aromatic carbocycles. The topological polar surface area (TPSA) is 35.2 Å². The number of hydrogen-bond donors (Lipinski definition) is 1. The predicted molar refractivity (Wildman–Crippen MR) is 49.2 cm³/mol. The van der Waals surface area contributed by atoms with Crippen LogP contribution in [-0.2, 0) is 4.74 Å². The molecule has 1 aliphatic carbocycles. The van der Waals surface area contributed by atoms with Gasteiger partial charge in [-0.3, -0.25) is 0 Å². The minimum Gasteiger partial charge on any atom is -0.375 e. The second-order valence-electron chi connectivity index (χ2n) is 4.76. The van der Waals surface area contributed by atoms with Crippen LogP contribution in [0.25, 0.3) is 0 Å². The molecule has 0 aromatic heterocycles. The molecular weight excluding hydrogens is 207 g/mol. The van der Waals surface area contributed by atoms with Crippen molar-refractivity contribution in [1.82, 2.24) is 0 Å². The lowest BCUT2D eigenvalue weighted by atomic mass is 9.76. The molecule has 2 fully saturated rings. The van der Waals surface area contributed by atoms with Gasteiger partial charge in [-0.15, -0.1) is 0 Å². The van der Waals surface area contributed by atoms with Crippen LogP contribution in [0.5, 0.6) is 0 Å². The lowest BCUT2D eigenvalue weighted by Crippen LogP contribution is -2.46. The van der Waals surface area contributed by atoms with E-state index < -0.39 is 12.1 Å². The smallest absolute Gasteiger partial charge is 0.375 e. The highest BCUT2D eigenvalue weighted by Crippen LogP contribution is 2.44.